The van der Waals surface area contributed by atoms with Crippen molar-refractivity contribution in [1.82, 2.24) is 20.0 Å². The summed E-state index contributed by atoms with van der Waals surface area (Å²) in [7, 11) is 0. The lowest BCUT2D eigenvalue weighted by molar-refractivity contribution is -0.128. The van der Waals surface area contributed by atoms with Gasteiger partial charge >= 0.3 is 0 Å². The Balaban J connectivity index is 1.66. The molecule has 0 bridgehead atoms. The number of rotatable bonds is 5. The van der Waals surface area contributed by atoms with Crippen LogP contribution in [-0.2, 0) is 17.1 Å². The van der Waals surface area contributed by atoms with Crippen LogP contribution in [0.5, 0.6) is 0 Å². The van der Waals surface area contributed by atoms with Gasteiger partial charge in [-0.1, -0.05) is 11.2 Å². The van der Waals surface area contributed by atoms with Crippen LogP contribution in [0, 0.1) is 0 Å². The molecule has 1 amide bonds. The minimum Gasteiger partial charge on any atom is -0.339 e. The summed E-state index contributed by atoms with van der Waals surface area (Å²) in [6.45, 7) is 1.20. The Morgan fingerprint density at radius 3 is 3.19 bits per heavy atom. The first-order valence-electron chi connectivity index (χ1n) is 6.74. The number of pyridine rings is 1. The molecule has 0 N–H and O–H groups in total. The number of thioether (sulfide) groups is 1. The summed E-state index contributed by atoms with van der Waals surface area (Å²) in [4.78, 5) is 22.4. The second-order valence-corrected chi connectivity index (χ2v) is 5.88. The van der Waals surface area contributed by atoms with Crippen LogP contribution >= 0.6 is 11.8 Å². The van der Waals surface area contributed by atoms with Crippen molar-refractivity contribution >= 4 is 17.7 Å². The van der Waals surface area contributed by atoms with Crippen LogP contribution in [0.15, 0.2) is 29.0 Å². The van der Waals surface area contributed by atoms with Gasteiger partial charge in [-0.25, -0.2) is 0 Å². The van der Waals surface area contributed by atoms with Crippen molar-refractivity contribution in [3.05, 3.63) is 41.8 Å². The highest BCUT2D eigenvalue weighted by atomic mass is 32.2. The van der Waals surface area contributed by atoms with Gasteiger partial charge in [0.2, 0.25) is 11.8 Å². The molecule has 1 aliphatic rings. The highest BCUT2D eigenvalue weighted by Crippen LogP contribution is 2.28. The van der Waals surface area contributed by atoms with Crippen LogP contribution in [-0.4, -0.2) is 38.7 Å². The van der Waals surface area contributed by atoms with Crippen molar-refractivity contribution in [2.45, 2.75) is 24.6 Å². The Bertz CT molecular complexity index is 616. The van der Waals surface area contributed by atoms with E-state index in [2.05, 4.69) is 15.1 Å². The summed E-state index contributed by atoms with van der Waals surface area (Å²) in [5.74, 6) is 2.10. The maximum Gasteiger partial charge on any atom is 0.232 e. The molecule has 0 saturated carbocycles. The molecule has 7 heteroatoms. The van der Waals surface area contributed by atoms with Crippen LogP contribution in [0.25, 0.3) is 0 Å². The molecular formula is C14H16N4O2S. The molecule has 0 spiro atoms. The highest BCUT2D eigenvalue weighted by Gasteiger charge is 2.34. The van der Waals surface area contributed by atoms with E-state index in [9.17, 15) is 4.79 Å². The third-order valence-corrected chi connectivity index (χ3v) is 3.96. The molecule has 2 aromatic heterocycles. The highest BCUT2D eigenvalue weighted by molar-refractivity contribution is 7.97. The molecule has 3 heterocycles. The fraction of sp³-hybridized carbons (Fsp3) is 0.429. The summed E-state index contributed by atoms with van der Waals surface area (Å²) >= 11 is 1.64. The van der Waals surface area contributed by atoms with Crippen LogP contribution in [0.2, 0.25) is 0 Å². The zero-order chi connectivity index (χ0) is 14.7. The Hall–Kier alpha value is -1.89. The molecule has 1 fully saturated rings. The van der Waals surface area contributed by atoms with Crippen molar-refractivity contribution in [3.8, 4) is 0 Å². The molecule has 110 valence electrons. The molecule has 0 aromatic carbocycles. The van der Waals surface area contributed by atoms with Gasteiger partial charge in [0, 0.05) is 31.9 Å². The molecule has 0 unspecified atom stereocenters. The van der Waals surface area contributed by atoms with Gasteiger partial charge < -0.3 is 9.42 Å². The van der Waals surface area contributed by atoms with E-state index in [1.165, 1.54) is 0 Å². The Labute approximate surface area is 126 Å². The lowest BCUT2D eigenvalue weighted by Gasteiger charge is -2.15. The van der Waals surface area contributed by atoms with Crippen LogP contribution in [0.1, 0.15) is 29.6 Å². The Morgan fingerprint density at radius 1 is 1.52 bits per heavy atom. The number of likely N-dealkylation sites (tertiary alicyclic amines) is 1. The maximum absolute atomic E-state index is 12.1. The van der Waals surface area contributed by atoms with Crippen molar-refractivity contribution in [2.24, 2.45) is 0 Å². The van der Waals surface area contributed by atoms with Gasteiger partial charge in [0.15, 0.2) is 5.82 Å². The van der Waals surface area contributed by atoms with Gasteiger partial charge in [-0.2, -0.15) is 16.7 Å². The number of nitrogens with zero attached hydrogens (tertiary/aromatic N) is 4. The number of amides is 1. The lowest BCUT2D eigenvalue weighted by Crippen LogP contribution is -2.24. The second-order valence-electron chi connectivity index (χ2n) is 5.02. The monoisotopic (exact) mass is 304 g/mol. The van der Waals surface area contributed by atoms with E-state index in [-0.39, 0.29) is 11.8 Å². The molecule has 0 aliphatic carbocycles. The average molecular weight is 304 g/mol. The Morgan fingerprint density at radius 2 is 2.43 bits per heavy atom. The first-order valence-corrected chi connectivity index (χ1v) is 8.13. The van der Waals surface area contributed by atoms with Gasteiger partial charge in [-0.15, -0.1) is 0 Å². The van der Waals surface area contributed by atoms with E-state index in [1.807, 2.05) is 23.3 Å². The third-order valence-electron chi connectivity index (χ3n) is 3.42. The summed E-state index contributed by atoms with van der Waals surface area (Å²) in [5.41, 5.74) is 1.03. The lowest BCUT2D eigenvalue weighted by atomic mass is 10.1. The zero-order valence-electron chi connectivity index (χ0n) is 11.7. The molecule has 21 heavy (non-hydrogen) atoms. The van der Waals surface area contributed by atoms with Gasteiger partial charge in [0.25, 0.3) is 0 Å². The minimum atomic E-state index is -0.00252. The van der Waals surface area contributed by atoms with Crippen molar-refractivity contribution in [2.75, 3.05) is 12.8 Å². The number of hydrogen-bond donors (Lipinski definition) is 0. The fourth-order valence-electron chi connectivity index (χ4n) is 2.42. The largest absolute Gasteiger partial charge is 0.339 e. The van der Waals surface area contributed by atoms with Crippen LogP contribution in [0.3, 0.4) is 0 Å². The van der Waals surface area contributed by atoms with Gasteiger partial charge in [-0.05, 0) is 17.9 Å². The zero-order valence-corrected chi connectivity index (χ0v) is 12.5. The summed E-state index contributed by atoms with van der Waals surface area (Å²) in [6.07, 6.45) is 5.93. The summed E-state index contributed by atoms with van der Waals surface area (Å²) in [6, 6.07) is 3.84. The molecule has 1 aliphatic heterocycles. The number of carbonyl (C=O) groups excluding carboxylic acids is 1. The SMILES string of the molecule is CSCc1noc([C@@H]2CC(=O)N(Cc3cccnc3)C2)n1. The fourth-order valence-corrected chi connectivity index (χ4v) is 2.80. The molecule has 0 radical (unpaired) electrons. The van der Waals surface area contributed by atoms with E-state index in [1.54, 1.807) is 24.2 Å². The van der Waals surface area contributed by atoms with Crippen molar-refractivity contribution < 1.29 is 9.32 Å². The van der Waals surface area contributed by atoms with E-state index >= 15 is 0 Å². The molecule has 1 saturated heterocycles. The molecule has 1 atom stereocenters. The molecule has 6 nitrogen and oxygen atoms in total. The average Bonchev–Trinajstić information content (AvgIpc) is 3.08. The topological polar surface area (TPSA) is 72.1 Å². The summed E-state index contributed by atoms with van der Waals surface area (Å²) < 4.78 is 5.28. The maximum atomic E-state index is 12.1. The molecular weight excluding hydrogens is 288 g/mol. The van der Waals surface area contributed by atoms with Gasteiger partial charge in [0.1, 0.15) is 0 Å². The van der Waals surface area contributed by atoms with Gasteiger partial charge in [-0.3, -0.25) is 9.78 Å². The number of aromatic nitrogens is 3. The van der Waals surface area contributed by atoms with Crippen LogP contribution < -0.4 is 0 Å². The number of hydrogen-bond acceptors (Lipinski definition) is 6. The third kappa shape index (κ3) is 3.24. The van der Waals surface area contributed by atoms with E-state index in [0.717, 1.165) is 11.3 Å². The van der Waals surface area contributed by atoms with E-state index in [4.69, 9.17) is 4.52 Å². The second kappa shape index (κ2) is 6.26. The van der Waals surface area contributed by atoms with E-state index < -0.39 is 0 Å². The van der Waals surface area contributed by atoms with E-state index in [0.29, 0.717) is 31.2 Å². The normalized spacial score (nSPS) is 18.4. The summed E-state index contributed by atoms with van der Waals surface area (Å²) in [5, 5.41) is 3.94. The smallest absolute Gasteiger partial charge is 0.232 e. The predicted octanol–water partition coefficient (Wildman–Crippen LogP) is 1.84. The van der Waals surface area contributed by atoms with Crippen molar-refractivity contribution in [1.29, 1.82) is 0 Å². The van der Waals surface area contributed by atoms with Gasteiger partial charge in [0.05, 0.1) is 11.7 Å². The first-order chi connectivity index (χ1) is 10.3. The molecule has 3 rings (SSSR count). The predicted molar refractivity (Wildman–Crippen MR) is 78.5 cm³/mol. The Kier molecular flexibility index (Phi) is 4.19. The quantitative estimate of drug-likeness (QED) is 0.839. The standard InChI is InChI=1S/C14H16N4O2S/c1-21-9-12-16-14(20-17-12)11-5-13(19)18(8-11)7-10-3-2-4-15-6-10/h2-4,6,11H,5,7-9H2,1H3/t11-/m1/s1. The first kappa shape index (κ1) is 14.1. The van der Waals surface area contributed by atoms with Crippen LogP contribution in [0.4, 0.5) is 0 Å². The molecule has 2 aromatic rings. The number of carbonyl (C=O) groups is 1. The van der Waals surface area contributed by atoms with Crippen molar-refractivity contribution in [3.63, 3.8) is 0 Å². The minimum absolute atomic E-state index is 0.00252.